The number of hydrogen-bond acceptors (Lipinski definition) is 7. The fourth-order valence-corrected chi connectivity index (χ4v) is 2.37. The van der Waals surface area contributed by atoms with E-state index in [4.69, 9.17) is 25.8 Å². The van der Waals surface area contributed by atoms with Crippen LogP contribution in [0.15, 0.2) is 42.5 Å². The first-order valence-corrected chi connectivity index (χ1v) is 8.74. The molecule has 2 aromatic carbocycles. The van der Waals surface area contributed by atoms with Crippen molar-refractivity contribution in [1.82, 2.24) is 0 Å². The summed E-state index contributed by atoms with van der Waals surface area (Å²) in [6, 6.07) is 10.3. The van der Waals surface area contributed by atoms with Crippen LogP contribution in [-0.4, -0.2) is 29.4 Å². The lowest BCUT2D eigenvalue weighted by atomic mass is 10.2. The van der Waals surface area contributed by atoms with E-state index in [-0.39, 0.29) is 29.5 Å². The van der Waals surface area contributed by atoms with Gasteiger partial charge in [0.15, 0.2) is 11.9 Å². The molecule has 2 aromatic rings. The minimum absolute atomic E-state index is 0.0426. The third kappa shape index (κ3) is 5.95. The zero-order valence-electron chi connectivity index (χ0n) is 15.2. The summed E-state index contributed by atoms with van der Waals surface area (Å²) in [5.41, 5.74) is -0.258. The smallest absolute Gasteiger partial charge is 0.313 e. The number of Topliss-reactive ketones (excluding diaryl/α,β-unsaturated/α-hetero) is 1. The molecule has 2 rings (SSSR count). The number of ether oxygens (including phenoxy) is 3. The minimum atomic E-state index is -0.839. The average molecular weight is 408 g/mol. The lowest BCUT2D eigenvalue weighted by molar-refractivity contribution is -0.385. The molecule has 0 aliphatic rings. The number of ketones is 1. The highest BCUT2D eigenvalue weighted by atomic mass is 35.5. The van der Waals surface area contributed by atoms with E-state index in [0.717, 1.165) is 0 Å². The molecule has 0 saturated heterocycles. The van der Waals surface area contributed by atoms with Gasteiger partial charge < -0.3 is 14.2 Å². The van der Waals surface area contributed by atoms with Crippen molar-refractivity contribution in [3.8, 4) is 17.2 Å². The molecule has 0 bridgehead atoms. The summed E-state index contributed by atoms with van der Waals surface area (Å²) in [4.78, 5) is 33.8. The van der Waals surface area contributed by atoms with Crippen molar-refractivity contribution in [3.63, 3.8) is 0 Å². The molecule has 1 unspecified atom stereocenters. The standard InChI is InChI=1S/C19H18ClNO7/c1-3-26-19(23)11-17(22)12(2)27-14-5-7-15(8-6-14)28-18-9-4-13(20)10-16(18)21(24)25/h4-10,12H,3,11H2,1-2H3. The van der Waals surface area contributed by atoms with Crippen LogP contribution in [-0.2, 0) is 14.3 Å². The molecule has 9 heteroatoms. The molecule has 0 spiro atoms. The molecule has 0 fully saturated rings. The van der Waals surface area contributed by atoms with E-state index >= 15 is 0 Å². The Morgan fingerprint density at radius 2 is 1.79 bits per heavy atom. The Morgan fingerprint density at radius 3 is 2.39 bits per heavy atom. The maximum atomic E-state index is 11.9. The van der Waals surface area contributed by atoms with Crippen LogP contribution in [0, 0.1) is 10.1 Å². The van der Waals surface area contributed by atoms with E-state index in [0.29, 0.717) is 11.5 Å². The molecule has 28 heavy (non-hydrogen) atoms. The second kappa shape index (κ2) is 9.70. The molecule has 148 valence electrons. The zero-order chi connectivity index (χ0) is 20.7. The van der Waals surface area contributed by atoms with Gasteiger partial charge in [-0.15, -0.1) is 0 Å². The topological polar surface area (TPSA) is 105 Å². The number of benzene rings is 2. The molecule has 0 saturated carbocycles. The van der Waals surface area contributed by atoms with Crippen LogP contribution in [0.25, 0.3) is 0 Å². The number of nitro groups is 1. The first kappa shape index (κ1) is 21.2. The van der Waals surface area contributed by atoms with Crippen LogP contribution in [0.2, 0.25) is 5.02 Å². The minimum Gasteiger partial charge on any atom is -0.483 e. The van der Waals surface area contributed by atoms with Crippen molar-refractivity contribution in [1.29, 1.82) is 0 Å². The summed E-state index contributed by atoms with van der Waals surface area (Å²) in [5.74, 6) is -0.251. The van der Waals surface area contributed by atoms with Crippen LogP contribution >= 0.6 is 11.6 Å². The predicted octanol–water partition coefficient (Wildman–Crippen LogP) is 4.33. The van der Waals surface area contributed by atoms with E-state index in [9.17, 15) is 19.7 Å². The fourth-order valence-electron chi connectivity index (χ4n) is 2.20. The molecular formula is C19H18ClNO7. The Kier molecular flexibility index (Phi) is 7.34. The van der Waals surface area contributed by atoms with Crippen LogP contribution in [0.5, 0.6) is 17.2 Å². The van der Waals surface area contributed by atoms with E-state index in [1.165, 1.54) is 37.3 Å². The van der Waals surface area contributed by atoms with Crippen molar-refractivity contribution in [2.45, 2.75) is 26.4 Å². The predicted molar refractivity (Wildman–Crippen MR) is 101 cm³/mol. The second-order valence-corrected chi connectivity index (χ2v) is 6.09. The molecular weight excluding hydrogens is 390 g/mol. The Morgan fingerprint density at radius 1 is 1.14 bits per heavy atom. The van der Waals surface area contributed by atoms with Crippen molar-refractivity contribution < 1.29 is 28.7 Å². The first-order valence-electron chi connectivity index (χ1n) is 8.37. The Labute approximate surface area is 166 Å². The van der Waals surface area contributed by atoms with E-state index in [2.05, 4.69) is 0 Å². The number of carbonyl (C=O) groups is 2. The van der Waals surface area contributed by atoms with Crippen LogP contribution in [0.3, 0.4) is 0 Å². The van der Waals surface area contributed by atoms with E-state index < -0.39 is 22.8 Å². The number of nitro benzene ring substituents is 1. The van der Waals surface area contributed by atoms with Gasteiger partial charge in [-0.3, -0.25) is 19.7 Å². The lowest BCUT2D eigenvalue weighted by Gasteiger charge is -2.14. The summed E-state index contributed by atoms with van der Waals surface area (Å²) in [7, 11) is 0. The van der Waals surface area contributed by atoms with Crippen molar-refractivity contribution >= 4 is 29.0 Å². The zero-order valence-corrected chi connectivity index (χ0v) is 16.0. The van der Waals surface area contributed by atoms with Gasteiger partial charge >= 0.3 is 11.7 Å². The van der Waals surface area contributed by atoms with Gasteiger partial charge in [-0.1, -0.05) is 11.6 Å². The Balaban J connectivity index is 2.01. The van der Waals surface area contributed by atoms with Gasteiger partial charge in [0.2, 0.25) is 5.75 Å². The van der Waals surface area contributed by atoms with Gasteiger partial charge in [-0.05, 0) is 50.2 Å². The highest BCUT2D eigenvalue weighted by Crippen LogP contribution is 2.34. The SMILES string of the molecule is CCOC(=O)CC(=O)C(C)Oc1ccc(Oc2ccc(Cl)cc2[N+](=O)[O-])cc1. The number of halogens is 1. The maximum absolute atomic E-state index is 11.9. The van der Waals surface area contributed by atoms with Gasteiger partial charge in [-0.2, -0.15) is 0 Å². The van der Waals surface area contributed by atoms with Crippen molar-refractivity contribution in [2.75, 3.05) is 6.61 Å². The number of carbonyl (C=O) groups excluding carboxylic acids is 2. The highest BCUT2D eigenvalue weighted by molar-refractivity contribution is 6.30. The molecule has 0 aromatic heterocycles. The van der Waals surface area contributed by atoms with Crippen LogP contribution < -0.4 is 9.47 Å². The summed E-state index contributed by atoms with van der Waals surface area (Å²) < 4.78 is 15.8. The normalized spacial score (nSPS) is 11.4. The van der Waals surface area contributed by atoms with Crippen LogP contribution in [0.1, 0.15) is 20.3 Å². The van der Waals surface area contributed by atoms with Gasteiger partial charge in [-0.25, -0.2) is 0 Å². The van der Waals surface area contributed by atoms with Gasteiger partial charge in [0.25, 0.3) is 0 Å². The number of nitrogens with zero attached hydrogens (tertiary/aromatic N) is 1. The summed E-state index contributed by atoms with van der Waals surface area (Å²) in [5, 5.41) is 11.3. The van der Waals surface area contributed by atoms with Crippen LogP contribution in [0.4, 0.5) is 5.69 Å². The third-order valence-electron chi connectivity index (χ3n) is 3.56. The third-order valence-corrected chi connectivity index (χ3v) is 3.79. The summed E-state index contributed by atoms with van der Waals surface area (Å²) >= 11 is 5.77. The molecule has 0 radical (unpaired) electrons. The van der Waals surface area contributed by atoms with E-state index in [1.54, 1.807) is 19.1 Å². The maximum Gasteiger partial charge on any atom is 0.313 e. The molecule has 0 N–H and O–H groups in total. The summed E-state index contributed by atoms with van der Waals surface area (Å²) in [6.45, 7) is 3.39. The van der Waals surface area contributed by atoms with Gasteiger partial charge in [0.05, 0.1) is 11.5 Å². The monoisotopic (exact) mass is 407 g/mol. The molecule has 0 heterocycles. The fraction of sp³-hybridized carbons (Fsp3) is 0.263. The van der Waals surface area contributed by atoms with E-state index in [1.807, 2.05) is 0 Å². The largest absolute Gasteiger partial charge is 0.483 e. The second-order valence-electron chi connectivity index (χ2n) is 5.65. The Hall–Kier alpha value is -3.13. The highest BCUT2D eigenvalue weighted by Gasteiger charge is 2.20. The molecule has 0 amide bonds. The Bertz CT molecular complexity index is 867. The average Bonchev–Trinajstić information content (AvgIpc) is 2.64. The number of hydrogen-bond donors (Lipinski definition) is 0. The quantitative estimate of drug-likeness (QED) is 0.263. The number of esters is 1. The van der Waals surface area contributed by atoms with Crippen molar-refractivity contribution in [2.24, 2.45) is 0 Å². The number of rotatable bonds is 9. The lowest BCUT2D eigenvalue weighted by Crippen LogP contribution is -2.26. The molecule has 8 nitrogen and oxygen atoms in total. The molecule has 1 atom stereocenters. The molecule has 0 aliphatic carbocycles. The molecule has 0 aliphatic heterocycles. The van der Waals surface area contributed by atoms with Gasteiger partial charge in [0, 0.05) is 11.1 Å². The first-order chi connectivity index (χ1) is 13.3. The van der Waals surface area contributed by atoms with Gasteiger partial charge in [0.1, 0.15) is 17.9 Å². The summed E-state index contributed by atoms with van der Waals surface area (Å²) in [6.07, 6.45) is -1.20. The van der Waals surface area contributed by atoms with Crippen molar-refractivity contribution in [3.05, 3.63) is 57.6 Å².